The van der Waals surface area contributed by atoms with Gasteiger partial charge in [-0.15, -0.1) is 0 Å². The molecule has 1 unspecified atom stereocenters. The third-order valence-electron chi connectivity index (χ3n) is 3.19. The van der Waals surface area contributed by atoms with E-state index in [0.29, 0.717) is 11.8 Å². The summed E-state index contributed by atoms with van der Waals surface area (Å²) in [6.45, 7) is 6.40. The number of halogens is 1. The van der Waals surface area contributed by atoms with Gasteiger partial charge in [-0.25, -0.2) is 0 Å². The molecule has 1 atom stereocenters. The van der Waals surface area contributed by atoms with Crippen LogP contribution >= 0.6 is 11.6 Å². The molecular weight excluding hydrogens is 256 g/mol. The lowest BCUT2D eigenvalue weighted by molar-refractivity contribution is 0.704. The maximum Gasteiger partial charge on any atom is 0.0624 e. The SMILES string of the molecule is CC(C)c1nc(CC(C)c2ccccn2)ccc1Cl. The normalized spacial score (nSPS) is 12.7. The molecule has 2 rings (SSSR count). The standard InChI is InChI=1S/C16H19ClN2/c1-11(2)16-14(17)8-7-13(19-16)10-12(3)15-6-4-5-9-18-15/h4-9,11-12H,10H2,1-3H3. The first-order valence-electron chi connectivity index (χ1n) is 6.64. The van der Waals surface area contributed by atoms with Gasteiger partial charge in [0.15, 0.2) is 0 Å². The molecule has 2 aromatic rings. The van der Waals surface area contributed by atoms with Gasteiger partial charge in [-0.3, -0.25) is 9.97 Å². The van der Waals surface area contributed by atoms with Gasteiger partial charge in [0, 0.05) is 23.5 Å². The fourth-order valence-electron chi connectivity index (χ4n) is 2.10. The monoisotopic (exact) mass is 274 g/mol. The summed E-state index contributed by atoms with van der Waals surface area (Å²) in [6, 6.07) is 9.98. The Labute approximate surface area is 119 Å². The zero-order valence-corrected chi connectivity index (χ0v) is 12.4. The molecule has 0 amide bonds. The summed E-state index contributed by atoms with van der Waals surface area (Å²) < 4.78 is 0. The minimum atomic E-state index is 0.345. The molecule has 0 bridgehead atoms. The van der Waals surface area contributed by atoms with Gasteiger partial charge in [-0.2, -0.15) is 0 Å². The Morgan fingerprint density at radius 2 is 1.89 bits per heavy atom. The van der Waals surface area contributed by atoms with Crippen molar-refractivity contribution < 1.29 is 0 Å². The highest BCUT2D eigenvalue weighted by Gasteiger charge is 2.12. The lowest BCUT2D eigenvalue weighted by Gasteiger charge is -2.13. The van der Waals surface area contributed by atoms with Crippen LogP contribution in [-0.2, 0) is 6.42 Å². The topological polar surface area (TPSA) is 25.8 Å². The van der Waals surface area contributed by atoms with E-state index < -0.39 is 0 Å². The highest BCUT2D eigenvalue weighted by atomic mass is 35.5. The third kappa shape index (κ3) is 3.54. The molecule has 100 valence electrons. The first kappa shape index (κ1) is 14.0. The summed E-state index contributed by atoms with van der Waals surface area (Å²) >= 11 is 6.17. The minimum Gasteiger partial charge on any atom is -0.261 e. The molecule has 0 N–H and O–H groups in total. The molecule has 0 saturated carbocycles. The van der Waals surface area contributed by atoms with E-state index in [1.807, 2.05) is 30.5 Å². The Bertz CT molecular complexity index is 538. The van der Waals surface area contributed by atoms with Gasteiger partial charge in [0.1, 0.15) is 0 Å². The molecule has 0 aliphatic heterocycles. The second-order valence-corrected chi connectivity index (χ2v) is 5.59. The van der Waals surface area contributed by atoms with E-state index in [9.17, 15) is 0 Å². The summed E-state index contributed by atoms with van der Waals surface area (Å²) in [7, 11) is 0. The molecule has 2 aromatic heterocycles. The van der Waals surface area contributed by atoms with Gasteiger partial charge < -0.3 is 0 Å². The number of aromatic nitrogens is 2. The maximum atomic E-state index is 6.17. The number of pyridine rings is 2. The van der Waals surface area contributed by atoms with Crippen molar-refractivity contribution in [3.05, 3.63) is 58.6 Å². The molecule has 3 heteroatoms. The number of nitrogens with zero attached hydrogens (tertiary/aromatic N) is 2. The summed E-state index contributed by atoms with van der Waals surface area (Å²) in [5.74, 6) is 0.701. The van der Waals surface area contributed by atoms with Crippen LogP contribution in [0.5, 0.6) is 0 Å². The largest absolute Gasteiger partial charge is 0.261 e. The Kier molecular flexibility index (Phi) is 4.54. The number of hydrogen-bond donors (Lipinski definition) is 0. The van der Waals surface area contributed by atoms with Gasteiger partial charge >= 0.3 is 0 Å². The van der Waals surface area contributed by atoms with E-state index in [1.54, 1.807) is 0 Å². The van der Waals surface area contributed by atoms with Gasteiger partial charge in [0.25, 0.3) is 0 Å². The van der Waals surface area contributed by atoms with Crippen LogP contribution in [0.1, 0.15) is 49.7 Å². The summed E-state index contributed by atoms with van der Waals surface area (Å²) in [5.41, 5.74) is 3.16. The molecule has 2 heterocycles. The first-order valence-corrected chi connectivity index (χ1v) is 7.02. The lowest BCUT2D eigenvalue weighted by atomic mass is 10.00. The molecule has 19 heavy (non-hydrogen) atoms. The van der Waals surface area contributed by atoms with Crippen molar-refractivity contribution in [1.82, 2.24) is 9.97 Å². The number of rotatable bonds is 4. The van der Waals surface area contributed by atoms with Crippen molar-refractivity contribution in [1.29, 1.82) is 0 Å². The minimum absolute atomic E-state index is 0.345. The van der Waals surface area contributed by atoms with E-state index in [4.69, 9.17) is 11.6 Å². The van der Waals surface area contributed by atoms with Gasteiger partial charge in [-0.05, 0) is 36.6 Å². The Morgan fingerprint density at radius 1 is 1.11 bits per heavy atom. The van der Waals surface area contributed by atoms with Crippen molar-refractivity contribution >= 4 is 11.6 Å². The smallest absolute Gasteiger partial charge is 0.0624 e. The van der Waals surface area contributed by atoms with Crippen molar-refractivity contribution in [3.63, 3.8) is 0 Å². The summed E-state index contributed by atoms with van der Waals surface area (Å²) in [5, 5.41) is 0.754. The third-order valence-corrected chi connectivity index (χ3v) is 3.51. The second kappa shape index (κ2) is 6.16. The van der Waals surface area contributed by atoms with Crippen LogP contribution in [0.3, 0.4) is 0 Å². The van der Waals surface area contributed by atoms with E-state index in [0.717, 1.165) is 28.5 Å². The predicted octanol–water partition coefficient (Wildman–Crippen LogP) is 4.60. The van der Waals surface area contributed by atoms with Crippen LogP contribution in [-0.4, -0.2) is 9.97 Å². The van der Waals surface area contributed by atoms with Crippen LogP contribution in [0, 0.1) is 0 Å². The van der Waals surface area contributed by atoms with Gasteiger partial charge in [0.2, 0.25) is 0 Å². The van der Waals surface area contributed by atoms with Crippen molar-refractivity contribution in [2.24, 2.45) is 0 Å². The molecule has 2 nitrogen and oxygen atoms in total. The fourth-order valence-corrected chi connectivity index (χ4v) is 2.43. The highest BCUT2D eigenvalue weighted by molar-refractivity contribution is 6.31. The molecular formula is C16H19ClN2. The average molecular weight is 275 g/mol. The van der Waals surface area contributed by atoms with Gasteiger partial charge in [0.05, 0.1) is 10.7 Å². The van der Waals surface area contributed by atoms with Crippen molar-refractivity contribution in [2.45, 2.75) is 39.0 Å². The highest BCUT2D eigenvalue weighted by Crippen LogP contribution is 2.24. The molecule has 0 aliphatic rings. The molecule has 0 fully saturated rings. The van der Waals surface area contributed by atoms with Crippen molar-refractivity contribution in [2.75, 3.05) is 0 Å². The molecule has 0 radical (unpaired) electrons. The molecule has 0 spiro atoms. The van der Waals surface area contributed by atoms with Crippen LogP contribution in [0.15, 0.2) is 36.5 Å². The zero-order valence-electron chi connectivity index (χ0n) is 11.6. The van der Waals surface area contributed by atoms with Crippen molar-refractivity contribution in [3.8, 4) is 0 Å². The van der Waals surface area contributed by atoms with Crippen LogP contribution in [0.2, 0.25) is 5.02 Å². The molecule has 0 aliphatic carbocycles. The van der Waals surface area contributed by atoms with E-state index >= 15 is 0 Å². The molecule has 0 saturated heterocycles. The molecule has 0 aromatic carbocycles. The summed E-state index contributed by atoms with van der Waals surface area (Å²) in [6.07, 6.45) is 2.72. The zero-order chi connectivity index (χ0) is 13.8. The van der Waals surface area contributed by atoms with Gasteiger partial charge in [-0.1, -0.05) is 38.4 Å². The maximum absolute atomic E-state index is 6.17. The average Bonchev–Trinajstić information content (AvgIpc) is 2.41. The Balaban J connectivity index is 2.18. The lowest BCUT2D eigenvalue weighted by Crippen LogP contribution is -2.05. The predicted molar refractivity (Wildman–Crippen MR) is 79.7 cm³/mol. The van der Waals surface area contributed by atoms with Crippen LogP contribution < -0.4 is 0 Å². The Hall–Kier alpha value is -1.41. The number of hydrogen-bond acceptors (Lipinski definition) is 2. The first-order chi connectivity index (χ1) is 9.08. The quantitative estimate of drug-likeness (QED) is 0.814. The van der Waals surface area contributed by atoms with E-state index in [2.05, 4.69) is 36.8 Å². The Morgan fingerprint density at radius 3 is 2.53 bits per heavy atom. The summed E-state index contributed by atoms with van der Waals surface area (Å²) in [4.78, 5) is 9.07. The van der Waals surface area contributed by atoms with Crippen LogP contribution in [0.25, 0.3) is 0 Å². The van der Waals surface area contributed by atoms with Crippen LogP contribution in [0.4, 0.5) is 0 Å². The van der Waals surface area contributed by atoms with E-state index in [1.165, 1.54) is 0 Å². The second-order valence-electron chi connectivity index (χ2n) is 5.18. The fraction of sp³-hybridized carbons (Fsp3) is 0.375. The van der Waals surface area contributed by atoms with E-state index in [-0.39, 0.29) is 0 Å².